The zero-order valence-electron chi connectivity index (χ0n) is 34.9. The van der Waals surface area contributed by atoms with E-state index in [4.69, 9.17) is 0 Å². The van der Waals surface area contributed by atoms with Gasteiger partial charge < -0.3 is 4.98 Å². The van der Waals surface area contributed by atoms with Crippen molar-refractivity contribution in [1.29, 1.82) is 0 Å². The van der Waals surface area contributed by atoms with E-state index in [2.05, 4.69) is 117 Å². The molecule has 0 radical (unpaired) electrons. The minimum Gasteiger partial charge on any atom is -0.311 e. The fourth-order valence-electron chi connectivity index (χ4n) is 0.810. The van der Waals surface area contributed by atoms with Gasteiger partial charge in [-0.25, -0.2) is 170 Å². The van der Waals surface area contributed by atoms with Crippen LogP contribution in [0.15, 0.2) is 15.8 Å². The van der Waals surface area contributed by atoms with Crippen LogP contribution in [0.1, 0.15) is 0 Å². The summed E-state index contributed by atoms with van der Waals surface area (Å²) in [4.78, 5) is 121. The summed E-state index contributed by atoms with van der Waals surface area (Å²) in [6, 6.07) is -6.02. The number of hydrogen-bond acceptors (Lipinski definition) is 32. The predicted octanol–water partition coefficient (Wildman–Crippen LogP) is -20.5. The first-order valence-electron chi connectivity index (χ1n) is 15.0. The number of nitrogens with two attached hydrogens (primary N) is 20. The van der Waals surface area contributed by atoms with Crippen molar-refractivity contribution in [3.8, 4) is 0 Å². The normalized spacial score (nSPS) is 7.32. The molecule has 0 aliphatic carbocycles. The van der Waals surface area contributed by atoms with E-state index in [1.54, 1.807) is 113 Å². The zero-order valence-corrected chi connectivity index (χ0v) is 34.9. The lowest BCUT2D eigenvalue weighted by molar-refractivity contribution is 0.240. The van der Waals surface area contributed by atoms with Crippen molar-refractivity contribution in [2.24, 2.45) is 117 Å². The number of rotatable bonds is 0. The molecule has 1 aromatic heterocycles. The quantitative estimate of drug-likeness (QED) is 0.0652. The molecule has 0 unspecified atom stereocenters. The Labute approximate surface area is 381 Å². The summed E-state index contributed by atoms with van der Waals surface area (Å²) in [6.07, 6.45) is 0.709. The molecule has 0 bridgehead atoms. The molecule has 0 saturated heterocycles. The lowest BCUT2D eigenvalue weighted by Crippen LogP contribution is -2.43. The Morgan fingerprint density at radius 2 is 0.406 bits per heavy atom. The Kier molecular flexibility index (Phi) is 84.5. The van der Waals surface area contributed by atoms with Gasteiger partial charge in [-0.1, -0.05) is 0 Å². The Hall–Kier alpha value is -9.49. The van der Waals surface area contributed by atoms with Crippen molar-refractivity contribution in [2.75, 3.05) is 0 Å². The second kappa shape index (κ2) is 70.2. The summed E-state index contributed by atoms with van der Waals surface area (Å²) in [5, 5.41) is 0. The molecular formula is C14H63FN42O12. The maximum absolute atomic E-state index is 12.0. The first-order chi connectivity index (χ1) is 32.3. The first kappa shape index (κ1) is 83.1. The summed E-state index contributed by atoms with van der Waals surface area (Å²) < 4.78 is 12.0. The molecule has 55 heteroatoms. The van der Waals surface area contributed by atoms with Crippen molar-refractivity contribution >= 4 is 60.3 Å². The summed E-state index contributed by atoms with van der Waals surface area (Å²) in [5.41, 5.74) is 33.1. The summed E-state index contributed by atoms with van der Waals surface area (Å²) >= 11 is 0. The lowest BCUT2D eigenvalue weighted by atomic mass is 10.6. The number of carbonyl (C=O) groups excluding carboxylic acids is 10. The molecule has 62 N–H and O–H groups in total. The van der Waals surface area contributed by atoms with Gasteiger partial charge in [0.1, 0.15) is 0 Å². The number of carbonyl (C=O) groups is 10. The van der Waals surface area contributed by atoms with Crippen LogP contribution in [0.2, 0.25) is 0 Å². The summed E-state index contributed by atoms with van der Waals surface area (Å²) in [5.74, 6) is 89.8. The summed E-state index contributed by atoms with van der Waals surface area (Å²) in [7, 11) is 0. The van der Waals surface area contributed by atoms with E-state index in [9.17, 15) is 61.9 Å². The molecule has 0 saturated carbocycles. The number of hydrazine groups is 20. The molecule has 20 amide bonds. The van der Waals surface area contributed by atoms with E-state index in [0.29, 0.717) is 6.20 Å². The minimum absolute atomic E-state index is 0.602. The molecule has 1 rings (SSSR count). The highest BCUT2D eigenvalue weighted by Crippen LogP contribution is 1.74. The highest BCUT2D eigenvalue weighted by molar-refractivity contribution is 5.74. The van der Waals surface area contributed by atoms with Crippen LogP contribution in [0.5, 0.6) is 0 Å². The smallest absolute Gasteiger partial charge is 0.311 e. The lowest BCUT2D eigenvalue weighted by Gasteiger charge is -1.90. The molecule has 0 spiro atoms. The van der Waals surface area contributed by atoms with Crippen LogP contribution in [0.3, 0.4) is 0 Å². The number of H-pyrrole nitrogens is 2. The third-order valence-corrected chi connectivity index (χ3v) is 3.40. The largest absolute Gasteiger partial charge is 0.343 e. The molecule has 1 aromatic rings. The highest BCUT2D eigenvalue weighted by atomic mass is 19.1. The Morgan fingerprint density at radius 3 is 0.464 bits per heavy atom. The van der Waals surface area contributed by atoms with Gasteiger partial charge in [0.2, 0.25) is 5.82 Å². The van der Waals surface area contributed by atoms with Gasteiger partial charge in [0.25, 0.3) is 5.56 Å². The molecule has 54 nitrogen and oxygen atoms in total. The Morgan fingerprint density at radius 1 is 0.290 bits per heavy atom. The van der Waals surface area contributed by atoms with Crippen molar-refractivity contribution in [3.05, 3.63) is 32.9 Å². The van der Waals surface area contributed by atoms with Gasteiger partial charge in [-0.3, -0.25) is 118 Å². The Bertz CT molecular complexity index is 1240. The maximum atomic E-state index is 12.0. The standard InChI is InChI=1S/C4H3FN2O2.10CH6N4O/c5-2-1-6-4(9)7-3(2)8;10*2-4-1(6)5-3/h1H,(H2,6,7,8,9);10*2-3H2,(H2,4,5,6). The third kappa shape index (κ3) is 98.7. The van der Waals surface area contributed by atoms with E-state index in [-0.39, 0.29) is 0 Å². The number of halogens is 1. The fraction of sp³-hybridized carbons (Fsp3) is 0. The topological polar surface area (TPSA) is 997 Å². The molecule has 408 valence electrons. The monoisotopic (exact) mass is 1030 g/mol. The summed E-state index contributed by atoms with van der Waals surface area (Å²) in [6.45, 7) is 0. The number of aromatic amines is 2. The van der Waals surface area contributed by atoms with Crippen molar-refractivity contribution < 1.29 is 52.3 Å². The van der Waals surface area contributed by atoms with Crippen molar-refractivity contribution in [1.82, 2.24) is 118 Å². The molecule has 0 aromatic carbocycles. The van der Waals surface area contributed by atoms with Gasteiger partial charge >= 0.3 is 66.0 Å². The van der Waals surface area contributed by atoms with Crippen molar-refractivity contribution in [2.45, 2.75) is 0 Å². The van der Waals surface area contributed by atoms with E-state index in [1.807, 2.05) is 4.98 Å². The van der Waals surface area contributed by atoms with E-state index >= 15 is 0 Å². The number of urea groups is 10. The molecular weight excluding hydrogens is 967 g/mol. The van der Waals surface area contributed by atoms with Crippen LogP contribution in [-0.4, -0.2) is 70.3 Å². The van der Waals surface area contributed by atoms with Crippen LogP contribution < -0.4 is 237 Å². The SMILES string of the molecule is NNC(=O)NN.NNC(=O)NN.NNC(=O)NN.NNC(=O)NN.NNC(=O)NN.NNC(=O)NN.NNC(=O)NN.NNC(=O)NN.NNC(=O)NN.NNC(=O)NN.O=c1[nH]cc(F)c(=O)[nH]1. The molecule has 0 aliphatic heterocycles. The maximum Gasteiger partial charge on any atom is 0.343 e. The van der Waals surface area contributed by atoms with Crippen LogP contribution in [-0.2, 0) is 0 Å². The number of amides is 20. The van der Waals surface area contributed by atoms with Gasteiger partial charge in [0.05, 0.1) is 0 Å². The predicted molar refractivity (Wildman–Crippen MR) is 228 cm³/mol. The van der Waals surface area contributed by atoms with Gasteiger partial charge in [-0.15, -0.1) is 0 Å². The van der Waals surface area contributed by atoms with Crippen molar-refractivity contribution in [3.63, 3.8) is 0 Å². The number of hydrogen-bond donors (Lipinski definition) is 42. The van der Waals surface area contributed by atoms with E-state index in [1.165, 1.54) is 0 Å². The highest BCUT2D eigenvalue weighted by Gasteiger charge is 1.94. The van der Waals surface area contributed by atoms with Gasteiger partial charge in [-0.05, 0) is 0 Å². The second-order valence-electron chi connectivity index (χ2n) is 7.60. The van der Waals surface area contributed by atoms with Gasteiger partial charge in [0, 0.05) is 6.20 Å². The third-order valence-electron chi connectivity index (χ3n) is 3.40. The van der Waals surface area contributed by atoms with Crippen LogP contribution in [0.4, 0.5) is 52.3 Å². The second-order valence-corrected chi connectivity index (χ2v) is 7.60. The van der Waals surface area contributed by atoms with Gasteiger partial charge in [-0.2, -0.15) is 4.39 Å². The first-order valence-corrected chi connectivity index (χ1v) is 15.0. The molecule has 0 fully saturated rings. The minimum atomic E-state index is -1.00. The average molecular weight is 1030 g/mol. The van der Waals surface area contributed by atoms with Crippen LogP contribution in [0.25, 0.3) is 0 Å². The average Bonchev–Trinajstić information content (AvgIpc) is 3.40. The van der Waals surface area contributed by atoms with Crippen LogP contribution in [0, 0.1) is 5.82 Å². The number of aromatic nitrogens is 2. The molecule has 1 heterocycles. The number of nitrogens with one attached hydrogen (secondary N) is 22. The van der Waals surface area contributed by atoms with E-state index in [0.717, 1.165) is 0 Å². The fourth-order valence-corrected chi connectivity index (χ4v) is 0.810. The molecule has 69 heavy (non-hydrogen) atoms. The van der Waals surface area contributed by atoms with E-state index < -0.39 is 77.4 Å². The molecule has 0 atom stereocenters. The van der Waals surface area contributed by atoms with Gasteiger partial charge in [0.15, 0.2) is 0 Å². The van der Waals surface area contributed by atoms with Crippen LogP contribution >= 0.6 is 0 Å². The zero-order chi connectivity index (χ0) is 56.8. The Balaban J connectivity index is -0.0000000696. The molecule has 0 aliphatic rings.